The molecule has 0 aromatic carbocycles. The Morgan fingerprint density at radius 1 is 1.36 bits per heavy atom. The number of rotatable bonds is 8. The van der Waals surface area contributed by atoms with E-state index >= 15 is 0 Å². The SMILES string of the molecule is COc1ccc([C@H]2C[C@@H]2COc2cc(NCc3cncs3)c(=O)n(C)n2)nc1. The number of hydrogen-bond acceptors (Lipinski definition) is 8. The third-order valence-corrected chi connectivity index (χ3v) is 5.50. The Morgan fingerprint density at radius 3 is 2.96 bits per heavy atom. The Hall–Kier alpha value is -2.94. The van der Waals surface area contributed by atoms with E-state index in [1.807, 2.05) is 12.1 Å². The van der Waals surface area contributed by atoms with Gasteiger partial charge in [-0.2, -0.15) is 0 Å². The lowest BCUT2D eigenvalue weighted by Gasteiger charge is -2.10. The fourth-order valence-electron chi connectivity index (χ4n) is 3.01. The van der Waals surface area contributed by atoms with Crippen LogP contribution in [0.4, 0.5) is 5.69 Å². The van der Waals surface area contributed by atoms with Crippen molar-refractivity contribution in [2.75, 3.05) is 19.0 Å². The number of anilines is 1. The number of hydrogen-bond donors (Lipinski definition) is 1. The minimum absolute atomic E-state index is 0.191. The van der Waals surface area contributed by atoms with E-state index in [1.165, 1.54) is 16.0 Å². The fraction of sp³-hybridized carbons (Fsp3) is 0.368. The van der Waals surface area contributed by atoms with Crippen LogP contribution in [0, 0.1) is 5.92 Å². The van der Waals surface area contributed by atoms with Crippen molar-refractivity contribution in [2.45, 2.75) is 18.9 Å². The van der Waals surface area contributed by atoms with Crippen LogP contribution in [0.5, 0.6) is 11.6 Å². The molecule has 0 amide bonds. The van der Waals surface area contributed by atoms with Gasteiger partial charge in [0.05, 0.1) is 32.0 Å². The van der Waals surface area contributed by atoms with Gasteiger partial charge in [-0.15, -0.1) is 16.4 Å². The van der Waals surface area contributed by atoms with Crippen LogP contribution in [0.3, 0.4) is 0 Å². The predicted octanol–water partition coefficient (Wildman–Crippen LogP) is 2.44. The minimum atomic E-state index is -0.191. The molecule has 4 rings (SSSR count). The zero-order valence-corrected chi connectivity index (χ0v) is 16.5. The first-order valence-electron chi connectivity index (χ1n) is 8.96. The van der Waals surface area contributed by atoms with Gasteiger partial charge >= 0.3 is 0 Å². The van der Waals surface area contributed by atoms with Crippen molar-refractivity contribution in [3.8, 4) is 11.6 Å². The Bertz CT molecular complexity index is 988. The molecule has 3 heterocycles. The van der Waals surface area contributed by atoms with E-state index < -0.39 is 0 Å². The molecular weight excluding hydrogens is 378 g/mol. The smallest absolute Gasteiger partial charge is 0.290 e. The van der Waals surface area contributed by atoms with Crippen LogP contribution in [-0.2, 0) is 13.6 Å². The average molecular weight is 399 g/mol. The Balaban J connectivity index is 1.36. The van der Waals surface area contributed by atoms with Crippen LogP contribution in [0.1, 0.15) is 22.9 Å². The minimum Gasteiger partial charge on any atom is -0.495 e. The van der Waals surface area contributed by atoms with Gasteiger partial charge in [-0.1, -0.05) is 0 Å². The second-order valence-electron chi connectivity index (χ2n) is 6.68. The highest BCUT2D eigenvalue weighted by Gasteiger charge is 2.40. The molecule has 3 aromatic rings. The molecule has 0 aliphatic heterocycles. The Kier molecular flexibility index (Phi) is 5.25. The summed E-state index contributed by atoms with van der Waals surface area (Å²) in [6.07, 6.45) is 4.55. The summed E-state index contributed by atoms with van der Waals surface area (Å²) in [6.45, 7) is 1.08. The van der Waals surface area contributed by atoms with E-state index in [1.54, 1.807) is 38.1 Å². The summed E-state index contributed by atoms with van der Waals surface area (Å²) < 4.78 is 12.3. The highest BCUT2D eigenvalue weighted by atomic mass is 32.1. The molecule has 0 radical (unpaired) electrons. The quantitative estimate of drug-likeness (QED) is 0.622. The topological polar surface area (TPSA) is 91.2 Å². The molecule has 8 nitrogen and oxygen atoms in total. The van der Waals surface area contributed by atoms with Crippen molar-refractivity contribution in [1.82, 2.24) is 19.7 Å². The van der Waals surface area contributed by atoms with E-state index in [4.69, 9.17) is 9.47 Å². The molecule has 0 saturated heterocycles. The van der Waals surface area contributed by atoms with Gasteiger partial charge in [0.15, 0.2) is 0 Å². The number of thiazole rings is 1. The predicted molar refractivity (Wildman–Crippen MR) is 106 cm³/mol. The monoisotopic (exact) mass is 399 g/mol. The molecule has 1 fully saturated rings. The average Bonchev–Trinajstić information content (AvgIpc) is 3.30. The summed E-state index contributed by atoms with van der Waals surface area (Å²) in [4.78, 5) is 21.8. The standard InChI is InChI=1S/C19H21N5O3S/c1-24-19(25)17(22-9-14-8-20-11-28-14)6-18(23-24)27-10-12-5-15(12)16-4-3-13(26-2)7-21-16/h3-4,6-8,11-12,15,22H,5,9-10H2,1-2H3/t12-,15+/m1/s1. The van der Waals surface area contributed by atoms with Crippen molar-refractivity contribution in [3.05, 3.63) is 57.0 Å². The molecule has 9 heteroatoms. The highest BCUT2D eigenvalue weighted by molar-refractivity contribution is 7.09. The first-order chi connectivity index (χ1) is 13.6. The summed E-state index contributed by atoms with van der Waals surface area (Å²) in [5, 5.41) is 7.34. The van der Waals surface area contributed by atoms with Crippen molar-refractivity contribution < 1.29 is 9.47 Å². The van der Waals surface area contributed by atoms with Crippen molar-refractivity contribution in [2.24, 2.45) is 13.0 Å². The normalized spacial score (nSPS) is 17.9. The van der Waals surface area contributed by atoms with Crippen LogP contribution in [-0.4, -0.2) is 33.5 Å². The summed E-state index contributed by atoms with van der Waals surface area (Å²) >= 11 is 1.54. The van der Waals surface area contributed by atoms with Gasteiger partial charge in [-0.25, -0.2) is 4.68 Å². The van der Waals surface area contributed by atoms with Crippen LogP contribution >= 0.6 is 11.3 Å². The third kappa shape index (κ3) is 4.14. The van der Waals surface area contributed by atoms with Crippen LogP contribution < -0.4 is 20.3 Å². The molecule has 3 aromatic heterocycles. The van der Waals surface area contributed by atoms with Crippen LogP contribution in [0.25, 0.3) is 0 Å². The lowest BCUT2D eigenvalue weighted by atomic mass is 10.2. The lowest BCUT2D eigenvalue weighted by molar-refractivity contribution is 0.278. The van der Waals surface area contributed by atoms with E-state index in [2.05, 4.69) is 20.4 Å². The Morgan fingerprint density at radius 2 is 2.25 bits per heavy atom. The number of nitrogens with one attached hydrogen (secondary N) is 1. The highest BCUT2D eigenvalue weighted by Crippen LogP contribution is 2.46. The molecule has 1 aliphatic rings. The Labute approximate surface area is 166 Å². The van der Waals surface area contributed by atoms with Gasteiger partial charge in [-0.05, 0) is 18.6 Å². The number of ether oxygens (including phenoxy) is 2. The number of methoxy groups -OCH3 is 1. The first kappa shape index (κ1) is 18.4. The molecule has 146 valence electrons. The number of aromatic nitrogens is 4. The van der Waals surface area contributed by atoms with Crippen LogP contribution in [0.15, 0.2) is 40.9 Å². The zero-order valence-electron chi connectivity index (χ0n) is 15.7. The van der Waals surface area contributed by atoms with E-state index in [0.29, 0.717) is 36.6 Å². The molecular formula is C19H21N5O3S. The molecule has 28 heavy (non-hydrogen) atoms. The third-order valence-electron chi connectivity index (χ3n) is 4.72. The number of pyridine rings is 1. The molecule has 0 bridgehead atoms. The van der Waals surface area contributed by atoms with E-state index in [-0.39, 0.29) is 5.56 Å². The second-order valence-corrected chi connectivity index (χ2v) is 7.65. The van der Waals surface area contributed by atoms with Gasteiger partial charge < -0.3 is 14.8 Å². The molecule has 0 spiro atoms. The summed E-state index contributed by atoms with van der Waals surface area (Å²) in [5.74, 6) is 1.98. The molecule has 1 aliphatic carbocycles. The molecule has 0 unspecified atom stereocenters. The van der Waals surface area contributed by atoms with Gasteiger partial charge in [0.25, 0.3) is 5.56 Å². The van der Waals surface area contributed by atoms with Crippen molar-refractivity contribution >= 4 is 17.0 Å². The molecule has 1 saturated carbocycles. The summed E-state index contributed by atoms with van der Waals surface area (Å²) in [6, 6.07) is 5.58. The zero-order chi connectivity index (χ0) is 19.5. The van der Waals surface area contributed by atoms with E-state index in [0.717, 1.165) is 22.7 Å². The molecule has 1 N–H and O–H groups in total. The van der Waals surface area contributed by atoms with Gasteiger partial charge in [0.1, 0.15) is 11.4 Å². The number of aryl methyl sites for hydroxylation is 1. The second kappa shape index (κ2) is 7.97. The lowest BCUT2D eigenvalue weighted by Crippen LogP contribution is -2.24. The number of nitrogens with zero attached hydrogens (tertiary/aromatic N) is 4. The fourth-order valence-corrected chi connectivity index (χ4v) is 3.54. The van der Waals surface area contributed by atoms with Gasteiger partial charge in [-0.3, -0.25) is 14.8 Å². The van der Waals surface area contributed by atoms with Crippen molar-refractivity contribution in [1.29, 1.82) is 0 Å². The maximum absolute atomic E-state index is 12.3. The summed E-state index contributed by atoms with van der Waals surface area (Å²) in [7, 11) is 3.25. The molecule has 2 atom stereocenters. The summed E-state index contributed by atoms with van der Waals surface area (Å²) in [5.41, 5.74) is 3.09. The van der Waals surface area contributed by atoms with E-state index in [9.17, 15) is 4.79 Å². The van der Waals surface area contributed by atoms with Gasteiger partial charge in [0.2, 0.25) is 5.88 Å². The van der Waals surface area contributed by atoms with Gasteiger partial charge in [0, 0.05) is 41.7 Å². The first-order valence-corrected chi connectivity index (χ1v) is 9.84. The van der Waals surface area contributed by atoms with Crippen molar-refractivity contribution in [3.63, 3.8) is 0 Å². The van der Waals surface area contributed by atoms with Crippen LogP contribution in [0.2, 0.25) is 0 Å². The maximum atomic E-state index is 12.3. The largest absolute Gasteiger partial charge is 0.495 e. The maximum Gasteiger partial charge on any atom is 0.290 e.